The summed E-state index contributed by atoms with van der Waals surface area (Å²) in [4.78, 5) is 16.4. The van der Waals surface area contributed by atoms with Crippen LogP contribution in [0.3, 0.4) is 0 Å². The number of ether oxygens (including phenoxy) is 2. The monoisotopic (exact) mass is 627 g/mol. The van der Waals surface area contributed by atoms with Gasteiger partial charge in [0.15, 0.2) is 0 Å². The van der Waals surface area contributed by atoms with Crippen LogP contribution in [0.5, 0.6) is 5.75 Å². The number of benzene rings is 2. The first-order chi connectivity index (χ1) is 21.2. The normalized spacial score (nSPS) is 24.6. The SMILES string of the molecule is CCOCCC1(C(=O)N[C@@H](Cc2ccccc2)[C@H](O)CN2C3CCC2CC(NS(=O)(=O)c2ccc(OC)cc2)C3)CCCC1. The molecule has 3 N–H and O–H groups in total. The lowest BCUT2D eigenvalue weighted by Crippen LogP contribution is -2.57. The second kappa shape index (κ2) is 14.7. The zero-order valence-corrected chi connectivity index (χ0v) is 26.9. The third-order valence-corrected chi connectivity index (χ3v) is 11.6. The topological polar surface area (TPSA) is 117 Å². The summed E-state index contributed by atoms with van der Waals surface area (Å²) in [5.41, 5.74) is 0.628. The Labute approximate surface area is 262 Å². The van der Waals surface area contributed by atoms with E-state index in [4.69, 9.17) is 9.47 Å². The highest BCUT2D eigenvalue weighted by atomic mass is 32.2. The van der Waals surface area contributed by atoms with Crippen LogP contribution in [0, 0.1) is 5.41 Å². The van der Waals surface area contributed by atoms with Gasteiger partial charge in [-0.05, 0) is 88.1 Å². The fraction of sp³-hybridized carbons (Fsp3) is 0.618. The number of sulfonamides is 1. The van der Waals surface area contributed by atoms with Gasteiger partial charge in [0.25, 0.3) is 0 Å². The van der Waals surface area contributed by atoms with E-state index in [2.05, 4.69) is 14.9 Å². The van der Waals surface area contributed by atoms with Crippen LogP contribution in [-0.4, -0.2) is 81.5 Å². The Kier molecular flexibility index (Phi) is 11.0. The van der Waals surface area contributed by atoms with Crippen LogP contribution in [0.4, 0.5) is 0 Å². The lowest BCUT2D eigenvalue weighted by atomic mass is 9.81. The Morgan fingerprint density at radius 2 is 1.70 bits per heavy atom. The number of piperidine rings is 1. The van der Waals surface area contributed by atoms with Crippen LogP contribution < -0.4 is 14.8 Å². The van der Waals surface area contributed by atoms with Crippen molar-refractivity contribution in [3.63, 3.8) is 0 Å². The number of hydrogen-bond donors (Lipinski definition) is 3. The molecule has 9 nitrogen and oxygen atoms in total. The molecule has 2 aromatic carbocycles. The minimum atomic E-state index is -3.66. The molecule has 2 bridgehead atoms. The number of methoxy groups -OCH3 is 1. The molecule has 10 heteroatoms. The molecule has 2 heterocycles. The van der Waals surface area contributed by atoms with Gasteiger partial charge in [0.2, 0.25) is 15.9 Å². The van der Waals surface area contributed by atoms with Gasteiger partial charge in [0.1, 0.15) is 5.75 Å². The van der Waals surface area contributed by atoms with E-state index in [0.717, 1.165) is 44.1 Å². The summed E-state index contributed by atoms with van der Waals surface area (Å²) < 4.78 is 40.0. The lowest BCUT2D eigenvalue weighted by Gasteiger charge is -2.41. The number of carbonyl (C=O) groups excluding carboxylic acids is 1. The first-order valence-corrected chi connectivity index (χ1v) is 17.7. The molecule has 2 aliphatic heterocycles. The Morgan fingerprint density at radius 3 is 2.32 bits per heavy atom. The minimum Gasteiger partial charge on any atom is -0.497 e. The number of nitrogens with one attached hydrogen (secondary N) is 2. The highest BCUT2D eigenvalue weighted by Crippen LogP contribution is 2.42. The second-order valence-electron chi connectivity index (χ2n) is 12.8. The highest BCUT2D eigenvalue weighted by molar-refractivity contribution is 7.89. The predicted molar refractivity (Wildman–Crippen MR) is 170 cm³/mol. The Balaban J connectivity index is 1.24. The molecule has 3 aliphatic rings. The van der Waals surface area contributed by atoms with E-state index < -0.39 is 27.6 Å². The average molecular weight is 628 g/mol. The average Bonchev–Trinajstić information content (AvgIpc) is 3.59. The van der Waals surface area contributed by atoms with Gasteiger partial charge in [-0.1, -0.05) is 43.2 Å². The van der Waals surface area contributed by atoms with Crippen molar-refractivity contribution in [1.29, 1.82) is 0 Å². The van der Waals surface area contributed by atoms with Crippen LogP contribution in [0.15, 0.2) is 59.5 Å². The summed E-state index contributed by atoms with van der Waals surface area (Å²) in [5, 5.41) is 15.0. The number of aliphatic hydroxyl groups excluding tert-OH is 1. The third-order valence-electron chi connectivity index (χ3n) is 10.0. The van der Waals surface area contributed by atoms with Crippen molar-refractivity contribution in [2.45, 2.75) is 106 Å². The Hall–Kier alpha value is -2.50. The molecule has 4 atom stereocenters. The summed E-state index contributed by atoms with van der Waals surface area (Å²) >= 11 is 0. The van der Waals surface area contributed by atoms with Gasteiger partial charge < -0.3 is 19.9 Å². The zero-order valence-electron chi connectivity index (χ0n) is 26.1. The Bertz CT molecular complexity index is 1300. The first-order valence-electron chi connectivity index (χ1n) is 16.3. The summed E-state index contributed by atoms with van der Waals surface area (Å²) in [6, 6.07) is 16.2. The van der Waals surface area contributed by atoms with E-state index in [1.54, 1.807) is 31.4 Å². The molecule has 2 unspecified atom stereocenters. The first kappa shape index (κ1) is 32.9. The van der Waals surface area contributed by atoms with Crippen molar-refractivity contribution in [3.8, 4) is 5.75 Å². The van der Waals surface area contributed by atoms with Gasteiger partial charge >= 0.3 is 0 Å². The highest BCUT2D eigenvalue weighted by Gasteiger charge is 2.45. The predicted octanol–water partition coefficient (Wildman–Crippen LogP) is 4.04. The van der Waals surface area contributed by atoms with E-state index in [9.17, 15) is 18.3 Å². The van der Waals surface area contributed by atoms with E-state index in [-0.39, 0.29) is 28.9 Å². The number of rotatable bonds is 15. The lowest BCUT2D eigenvalue weighted by molar-refractivity contribution is -0.134. The van der Waals surface area contributed by atoms with Crippen LogP contribution in [0.2, 0.25) is 0 Å². The number of aliphatic hydroxyl groups is 1. The van der Waals surface area contributed by atoms with Crippen molar-refractivity contribution in [1.82, 2.24) is 14.9 Å². The molecule has 0 spiro atoms. The molecule has 2 aromatic rings. The van der Waals surface area contributed by atoms with E-state index in [1.807, 2.05) is 37.3 Å². The van der Waals surface area contributed by atoms with Gasteiger partial charge in [-0.15, -0.1) is 0 Å². The van der Waals surface area contributed by atoms with E-state index in [0.29, 0.717) is 51.2 Å². The molecular formula is C34H49N3O6S. The summed E-state index contributed by atoms with van der Waals surface area (Å²) in [6.45, 7) is 3.61. The molecule has 242 valence electrons. The largest absolute Gasteiger partial charge is 0.497 e. The molecular weight excluding hydrogens is 578 g/mol. The number of fused-ring (bicyclic) bond motifs is 2. The Morgan fingerprint density at radius 1 is 1.05 bits per heavy atom. The van der Waals surface area contributed by atoms with Crippen molar-refractivity contribution in [3.05, 3.63) is 60.2 Å². The van der Waals surface area contributed by atoms with Gasteiger partial charge in [-0.2, -0.15) is 0 Å². The van der Waals surface area contributed by atoms with Crippen molar-refractivity contribution >= 4 is 15.9 Å². The molecule has 0 radical (unpaired) electrons. The molecule has 1 aliphatic carbocycles. The third kappa shape index (κ3) is 7.83. The number of carbonyl (C=O) groups is 1. The fourth-order valence-electron chi connectivity index (χ4n) is 7.58. The van der Waals surface area contributed by atoms with Crippen molar-refractivity contribution in [2.24, 2.45) is 5.41 Å². The molecule has 5 rings (SSSR count). The summed E-state index contributed by atoms with van der Waals surface area (Å²) in [5.74, 6) is 0.642. The quantitative estimate of drug-likeness (QED) is 0.255. The molecule has 0 aromatic heterocycles. The smallest absolute Gasteiger partial charge is 0.240 e. The van der Waals surface area contributed by atoms with Crippen LogP contribution in [0.25, 0.3) is 0 Å². The fourth-order valence-corrected chi connectivity index (χ4v) is 8.84. The number of amides is 1. The van der Waals surface area contributed by atoms with Gasteiger partial charge in [-0.3, -0.25) is 9.69 Å². The zero-order chi connectivity index (χ0) is 31.2. The van der Waals surface area contributed by atoms with Crippen LogP contribution in [0.1, 0.15) is 70.3 Å². The van der Waals surface area contributed by atoms with Gasteiger partial charge in [0, 0.05) is 37.9 Å². The van der Waals surface area contributed by atoms with Crippen molar-refractivity contribution < 1.29 is 27.8 Å². The van der Waals surface area contributed by atoms with E-state index in [1.165, 1.54) is 0 Å². The maximum atomic E-state index is 13.9. The maximum absolute atomic E-state index is 13.9. The van der Waals surface area contributed by atoms with Gasteiger partial charge in [-0.25, -0.2) is 13.1 Å². The summed E-state index contributed by atoms with van der Waals surface area (Å²) in [7, 11) is -2.11. The molecule has 44 heavy (non-hydrogen) atoms. The van der Waals surface area contributed by atoms with Crippen LogP contribution in [-0.2, 0) is 26.0 Å². The minimum absolute atomic E-state index is 0.0318. The molecule has 1 saturated carbocycles. The molecule has 1 amide bonds. The summed E-state index contributed by atoms with van der Waals surface area (Å²) in [6.07, 6.45) is 7.56. The van der Waals surface area contributed by atoms with Gasteiger partial charge in [0.05, 0.1) is 29.6 Å². The van der Waals surface area contributed by atoms with Crippen LogP contribution >= 0.6 is 0 Å². The standard InChI is InChI=1S/C34H49N3O6S/c1-3-43-20-19-34(17-7-8-18-34)33(39)35-31(21-25-9-5-4-6-10-25)32(38)24-37-27-11-12-28(37)23-26(22-27)36-44(40,41)30-15-13-29(42-2)14-16-30/h4-6,9-10,13-16,26-28,31-32,36,38H,3,7-8,11-12,17-24H2,1-2H3,(H,35,39)/t26?,27?,28?,31-,32+/m0/s1. The molecule has 2 saturated heterocycles. The molecule has 3 fully saturated rings. The number of hydrogen-bond acceptors (Lipinski definition) is 7. The van der Waals surface area contributed by atoms with E-state index >= 15 is 0 Å². The number of nitrogens with zero attached hydrogens (tertiary/aromatic N) is 1. The maximum Gasteiger partial charge on any atom is 0.240 e. The second-order valence-corrected chi connectivity index (χ2v) is 14.5. The van der Waals surface area contributed by atoms with Crippen molar-refractivity contribution in [2.75, 3.05) is 26.9 Å².